The number of aryl methyl sites for hydroxylation is 2. The molecule has 0 spiro atoms. The molecular weight excluding hydrogens is 358 g/mol. The van der Waals surface area contributed by atoms with E-state index in [9.17, 15) is 4.79 Å². The van der Waals surface area contributed by atoms with Crippen LogP contribution in [0.3, 0.4) is 0 Å². The Kier molecular flexibility index (Phi) is 3.94. The van der Waals surface area contributed by atoms with Crippen molar-refractivity contribution < 1.29 is 4.79 Å². The quantitative estimate of drug-likeness (QED) is 0.590. The van der Waals surface area contributed by atoms with Gasteiger partial charge in [-0.05, 0) is 48.6 Å². The number of hydrogen-bond donors (Lipinski definition) is 1. The fourth-order valence-corrected chi connectivity index (χ4v) is 4.26. The summed E-state index contributed by atoms with van der Waals surface area (Å²) in [5.74, 6) is -0.166. The molecule has 1 aliphatic carbocycles. The minimum atomic E-state index is -0.166. The summed E-state index contributed by atoms with van der Waals surface area (Å²) in [4.78, 5) is 17.0. The fourth-order valence-electron chi connectivity index (χ4n) is 3.52. The molecule has 27 heavy (non-hydrogen) atoms. The first-order valence-corrected chi connectivity index (χ1v) is 9.80. The summed E-state index contributed by atoms with van der Waals surface area (Å²) >= 11 is 1.43. The molecule has 2 aromatic heterocycles. The van der Waals surface area contributed by atoms with Gasteiger partial charge in [0.2, 0.25) is 5.91 Å². The molecule has 5 rings (SSSR count). The van der Waals surface area contributed by atoms with Crippen LogP contribution in [0.4, 0.5) is 5.13 Å². The first kappa shape index (κ1) is 16.1. The van der Waals surface area contributed by atoms with Gasteiger partial charge < -0.3 is 5.32 Å². The molecule has 0 bridgehead atoms. The van der Waals surface area contributed by atoms with Crippen molar-refractivity contribution in [1.29, 1.82) is 0 Å². The van der Waals surface area contributed by atoms with Crippen molar-refractivity contribution in [2.24, 2.45) is 0 Å². The maximum absolute atomic E-state index is 12.4. The van der Waals surface area contributed by atoms with Crippen molar-refractivity contribution in [3.63, 3.8) is 0 Å². The molecule has 0 unspecified atom stereocenters. The second-order valence-corrected chi connectivity index (χ2v) is 7.52. The van der Waals surface area contributed by atoms with Gasteiger partial charge in [0.1, 0.15) is 12.1 Å². The number of carbonyl (C=O) groups is 1. The number of nitrogens with one attached hydrogen (secondary N) is 1. The Labute approximate surface area is 159 Å². The highest BCUT2D eigenvalue weighted by atomic mass is 32.1. The van der Waals surface area contributed by atoms with Gasteiger partial charge in [-0.15, -0.1) is 16.4 Å². The second kappa shape index (κ2) is 6.59. The topological polar surface area (TPSA) is 72.7 Å². The van der Waals surface area contributed by atoms with E-state index in [-0.39, 0.29) is 12.5 Å². The average molecular weight is 375 g/mol. The van der Waals surface area contributed by atoms with E-state index in [1.807, 2.05) is 29.6 Å². The average Bonchev–Trinajstić information content (AvgIpc) is 3.41. The number of carbonyl (C=O) groups excluding carboxylic acids is 1. The summed E-state index contributed by atoms with van der Waals surface area (Å²) in [5, 5.41) is 13.6. The number of para-hydroxylation sites is 1. The zero-order valence-electron chi connectivity index (χ0n) is 14.6. The van der Waals surface area contributed by atoms with Gasteiger partial charge >= 0.3 is 0 Å². The van der Waals surface area contributed by atoms with Crippen molar-refractivity contribution in [3.8, 4) is 11.3 Å². The molecule has 134 valence electrons. The maximum Gasteiger partial charge on any atom is 0.247 e. The Morgan fingerprint density at radius 2 is 2.04 bits per heavy atom. The lowest BCUT2D eigenvalue weighted by Gasteiger charge is -2.03. The highest BCUT2D eigenvalue weighted by molar-refractivity contribution is 7.14. The zero-order chi connectivity index (χ0) is 18.2. The molecule has 0 fully saturated rings. The van der Waals surface area contributed by atoms with Crippen LogP contribution in [0.5, 0.6) is 0 Å². The van der Waals surface area contributed by atoms with Crippen LogP contribution in [0.2, 0.25) is 0 Å². The first-order chi connectivity index (χ1) is 13.3. The molecule has 6 nitrogen and oxygen atoms in total. The van der Waals surface area contributed by atoms with E-state index in [1.165, 1.54) is 35.3 Å². The molecule has 1 amide bonds. The molecule has 4 aromatic rings. The van der Waals surface area contributed by atoms with Crippen LogP contribution < -0.4 is 5.32 Å². The van der Waals surface area contributed by atoms with E-state index in [0.717, 1.165) is 28.7 Å². The van der Waals surface area contributed by atoms with E-state index in [4.69, 9.17) is 0 Å². The SMILES string of the molecule is O=C(Cn1nnc2ccccc21)Nc1nc(-c2ccc3c(c2)CCC3)cs1. The van der Waals surface area contributed by atoms with E-state index in [0.29, 0.717) is 5.13 Å². The number of anilines is 1. The van der Waals surface area contributed by atoms with Gasteiger partial charge in [0.15, 0.2) is 5.13 Å². The maximum atomic E-state index is 12.4. The van der Waals surface area contributed by atoms with Crippen LogP contribution in [-0.4, -0.2) is 25.9 Å². The van der Waals surface area contributed by atoms with E-state index in [2.05, 4.69) is 38.8 Å². The van der Waals surface area contributed by atoms with Crippen molar-refractivity contribution in [1.82, 2.24) is 20.0 Å². The summed E-state index contributed by atoms with van der Waals surface area (Å²) in [6, 6.07) is 14.1. The largest absolute Gasteiger partial charge is 0.300 e. The van der Waals surface area contributed by atoms with Crippen LogP contribution in [0, 0.1) is 0 Å². The van der Waals surface area contributed by atoms with Crippen molar-refractivity contribution in [2.75, 3.05) is 5.32 Å². The van der Waals surface area contributed by atoms with Gasteiger partial charge in [-0.25, -0.2) is 9.67 Å². The summed E-state index contributed by atoms with van der Waals surface area (Å²) in [6.45, 7) is 0.105. The number of rotatable bonds is 4. The summed E-state index contributed by atoms with van der Waals surface area (Å²) in [6.07, 6.45) is 3.54. The second-order valence-electron chi connectivity index (χ2n) is 6.66. The Bertz CT molecular complexity index is 1150. The molecular formula is C20H17N5OS. The predicted octanol–water partition coefficient (Wildman–Crippen LogP) is 3.68. The number of fused-ring (bicyclic) bond motifs is 2. The van der Waals surface area contributed by atoms with Crippen molar-refractivity contribution in [3.05, 3.63) is 59.0 Å². The Hall–Kier alpha value is -3.06. The molecule has 2 heterocycles. The van der Waals surface area contributed by atoms with Crippen LogP contribution in [0.15, 0.2) is 47.8 Å². The molecule has 0 aliphatic heterocycles. The Morgan fingerprint density at radius 3 is 3.00 bits per heavy atom. The molecule has 2 aromatic carbocycles. The van der Waals surface area contributed by atoms with Crippen LogP contribution in [0.1, 0.15) is 17.5 Å². The zero-order valence-corrected chi connectivity index (χ0v) is 15.4. The summed E-state index contributed by atoms with van der Waals surface area (Å²) in [5.41, 5.74) is 6.49. The minimum absolute atomic E-state index is 0.105. The monoisotopic (exact) mass is 375 g/mol. The fraction of sp³-hybridized carbons (Fsp3) is 0.200. The predicted molar refractivity (Wildman–Crippen MR) is 106 cm³/mol. The molecule has 0 atom stereocenters. The third-order valence-corrected chi connectivity index (χ3v) is 5.62. The molecule has 7 heteroatoms. The molecule has 0 saturated heterocycles. The van der Waals surface area contributed by atoms with Gasteiger partial charge in [0, 0.05) is 10.9 Å². The lowest BCUT2D eigenvalue weighted by Crippen LogP contribution is -2.19. The highest BCUT2D eigenvalue weighted by Gasteiger charge is 2.14. The van der Waals surface area contributed by atoms with E-state index in [1.54, 1.807) is 4.68 Å². The van der Waals surface area contributed by atoms with Gasteiger partial charge in [-0.1, -0.05) is 29.5 Å². The van der Waals surface area contributed by atoms with Crippen molar-refractivity contribution >= 4 is 33.4 Å². The number of hydrogen-bond acceptors (Lipinski definition) is 5. The molecule has 0 radical (unpaired) electrons. The van der Waals surface area contributed by atoms with E-state index < -0.39 is 0 Å². The normalized spacial score (nSPS) is 13.0. The number of benzene rings is 2. The summed E-state index contributed by atoms with van der Waals surface area (Å²) in [7, 11) is 0. The Morgan fingerprint density at radius 1 is 1.15 bits per heavy atom. The number of aromatic nitrogens is 4. The smallest absolute Gasteiger partial charge is 0.247 e. The van der Waals surface area contributed by atoms with Gasteiger partial charge in [0.05, 0.1) is 11.2 Å². The lowest BCUT2D eigenvalue weighted by molar-refractivity contribution is -0.116. The summed E-state index contributed by atoms with van der Waals surface area (Å²) < 4.78 is 1.60. The van der Waals surface area contributed by atoms with Crippen molar-refractivity contribution in [2.45, 2.75) is 25.8 Å². The van der Waals surface area contributed by atoms with Gasteiger partial charge in [-0.2, -0.15) is 0 Å². The molecule has 1 aliphatic rings. The first-order valence-electron chi connectivity index (χ1n) is 8.92. The van der Waals surface area contributed by atoms with Crippen LogP contribution in [0.25, 0.3) is 22.3 Å². The number of amides is 1. The van der Waals surface area contributed by atoms with E-state index >= 15 is 0 Å². The minimum Gasteiger partial charge on any atom is -0.300 e. The lowest BCUT2D eigenvalue weighted by atomic mass is 10.1. The number of thiazole rings is 1. The van der Waals surface area contributed by atoms with Crippen LogP contribution >= 0.6 is 11.3 Å². The standard InChI is InChI=1S/C20H17N5OS/c26-19(11-25-18-7-2-1-6-16(18)23-24-25)22-20-21-17(12-27-20)15-9-8-13-4-3-5-14(13)10-15/h1-2,6-10,12H,3-5,11H2,(H,21,22,26). The van der Waals surface area contributed by atoms with Gasteiger partial charge in [0.25, 0.3) is 0 Å². The molecule has 0 saturated carbocycles. The molecule has 1 N–H and O–H groups in total. The highest BCUT2D eigenvalue weighted by Crippen LogP contribution is 2.30. The third kappa shape index (κ3) is 3.10. The number of nitrogens with zero attached hydrogens (tertiary/aromatic N) is 4. The van der Waals surface area contributed by atoms with Gasteiger partial charge in [-0.3, -0.25) is 4.79 Å². The van der Waals surface area contributed by atoms with Crippen LogP contribution in [-0.2, 0) is 24.2 Å². The Balaban J connectivity index is 1.31. The third-order valence-electron chi connectivity index (χ3n) is 4.86.